The third-order valence-electron chi connectivity index (χ3n) is 2.56. The molecule has 0 aliphatic carbocycles. The number of hydrogen-bond donors (Lipinski definition) is 3. The van der Waals surface area contributed by atoms with Gasteiger partial charge in [0.2, 0.25) is 0 Å². The molecule has 0 amide bonds. The van der Waals surface area contributed by atoms with E-state index in [1.54, 1.807) is 24.3 Å². The zero-order valence-corrected chi connectivity index (χ0v) is 12.4. The molecular formula is C13H20N2O4S. The molecule has 0 saturated carbocycles. The van der Waals surface area contributed by atoms with Crippen molar-refractivity contribution in [2.45, 2.75) is 26.3 Å². The molecule has 0 aliphatic rings. The summed E-state index contributed by atoms with van der Waals surface area (Å²) in [6.45, 7) is 3.98. The molecule has 1 aromatic carbocycles. The van der Waals surface area contributed by atoms with E-state index in [1.165, 1.54) is 0 Å². The van der Waals surface area contributed by atoms with Crippen LogP contribution in [0.5, 0.6) is 0 Å². The Morgan fingerprint density at radius 2 is 1.85 bits per heavy atom. The highest BCUT2D eigenvalue weighted by atomic mass is 32.2. The van der Waals surface area contributed by atoms with Crippen LogP contribution in [-0.4, -0.2) is 32.1 Å². The molecule has 7 heteroatoms. The quantitative estimate of drug-likeness (QED) is 0.660. The van der Waals surface area contributed by atoms with E-state index < -0.39 is 22.2 Å². The molecule has 112 valence electrons. The number of hydrogen-bond acceptors (Lipinski definition) is 3. The zero-order valence-electron chi connectivity index (χ0n) is 11.5. The van der Waals surface area contributed by atoms with Crippen LogP contribution in [0.1, 0.15) is 19.4 Å². The lowest BCUT2D eigenvalue weighted by Gasteiger charge is -2.16. The Morgan fingerprint density at radius 1 is 1.25 bits per heavy atom. The van der Waals surface area contributed by atoms with Gasteiger partial charge in [0.1, 0.15) is 6.04 Å². The Kier molecular flexibility index (Phi) is 6.12. The predicted molar refractivity (Wildman–Crippen MR) is 76.5 cm³/mol. The second-order valence-corrected chi connectivity index (χ2v) is 6.48. The fraction of sp³-hybridized carbons (Fsp3) is 0.462. The normalized spacial score (nSPS) is 13.3. The number of carboxylic acids is 1. The summed E-state index contributed by atoms with van der Waals surface area (Å²) in [5, 5.41) is 9.12. The summed E-state index contributed by atoms with van der Waals surface area (Å²) in [5.41, 5.74) is 0.756. The molecule has 0 saturated heterocycles. The van der Waals surface area contributed by atoms with Crippen LogP contribution in [0.25, 0.3) is 0 Å². The monoisotopic (exact) mass is 300 g/mol. The van der Waals surface area contributed by atoms with Gasteiger partial charge < -0.3 is 5.11 Å². The highest BCUT2D eigenvalue weighted by Gasteiger charge is 2.24. The average Bonchev–Trinajstić information content (AvgIpc) is 2.37. The van der Waals surface area contributed by atoms with Gasteiger partial charge >= 0.3 is 5.97 Å². The van der Waals surface area contributed by atoms with Gasteiger partial charge in [0.25, 0.3) is 10.2 Å². The highest BCUT2D eigenvalue weighted by Crippen LogP contribution is 2.04. The lowest BCUT2D eigenvalue weighted by molar-refractivity contribution is -0.138. The SMILES string of the molecule is CC(C)CNS(=O)(=O)NC(Cc1ccccc1)C(=O)O. The van der Waals surface area contributed by atoms with Crippen LogP contribution in [0.4, 0.5) is 0 Å². The molecule has 0 fully saturated rings. The third-order valence-corrected chi connectivity index (χ3v) is 3.70. The van der Waals surface area contributed by atoms with Gasteiger partial charge in [0.15, 0.2) is 0 Å². The molecule has 6 nitrogen and oxygen atoms in total. The molecule has 1 atom stereocenters. The molecule has 0 bridgehead atoms. The maximum atomic E-state index is 11.8. The van der Waals surface area contributed by atoms with Crippen LogP contribution >= 0.6 is 0 Å². The number of rotatable bonds is 8. The van der Waals surface area contributed by atoms with E-state index >= 15 is 0 Å². The second kappa shape index (κ2) is 7.37. The summed E-state index contributed by atoms with van der Waals surface area (Å²) >= 11 is 0. The van der Waals surface area contributed by atoms with Crippen LogP contribution < -0.4 is 9.44 Å². The molecular weight excluding hydrogens is 280 g/mol. The van der Waals surface area contributed by atoms with Crippen molar-refractivity contribution < 1.29 is 18.3 Å². The fourth-order valence-electron chi connectivity index (χ4n) is 1.53. The summed E-state index contributed by atoms with van der Waals surface area (Å²) in [6.07, 6.45) is 0.0960. The molecule has 3 N–H and O–H groups in total. The van der Waals surface area contributed by atoms with Crippen molar-refractivity contribution >= 4 is 16.2 Å². The van der Waals surface area contributed by atoms with E-state index in [0.29, 0.717) is 0 Å². The van der Waals surface area contributed by atoms with Gasteiger partial charge in [-0.1, -0.05) is 44.2 Å². The lowest BCUT2D eigenvalue weighted by Crippen LogP contribution is -2.48. The van der Waals surface area contributed by atoms with Gasteiger partial charge in [-0.15, -0.1) is 0 Å². The summed E-state index contributed by atoms with van der Waals surface area (Å²) in [5.74, 6) is -1.06. The lowest BCUT2D eigenvalue weighted by atomic mass is 10.1. The molecule has 20 heavy (non-hydrogen) atoms. The Bertz CT molecular complexity index is 529. The maximum Gasteiger partial charge on any atom is 0.322 e. The molecule has 1 aromatic rings. The topological polar surface area (TPSA) is 95.5 Å². The second-order valence-electron chi connectivity index (χ2n) is 4.94. The minimum Gasteiger partial charge on any atom is -0.480 e. The predicted octanol–water partition coefficient (Wildman–Crippen LogP) is 0.762. The first kappa shape index (κ1) is 16.6. The van der Waals surface area contributed by atoms with Gasteiger partial charge in [-0.25, -0.2) is 4.72 Å². The molecule has 0 aromatic heterocycles. The number of carbonyl (C=O) groups is 1. The first-order valence-corrected chi connectivity index (χ1v) is 7.82. The van der Waals surface area contributed by atoms with Gasteiger partial charge in [-0.2, -0.15) is 13.1 Å². The summed E-state index contributed by atoms with van der Waals surface area (Å²) in [7, 11) is -3.82. The summed E-state index contributed by atoms with van der Waals surface area (Å²) in [6, 6.07) is 7.69. The Balaban J connectivity index is 2.70. The number of benzene rings is 1. The Hall–Kier alpha value is -1.44. The van der Waals surface area contributed by atoms with Crippen molar-refractivity contribution in [1.82, 2.24) is 9.44 Å². The van der Waals surface area contributed by atoms with E-state index in [4.69, 9.17) is 5.11 Å². The average molecular weight is 300 g/mol. The van der Waals surface area contributed by atoms with E-state index in [0.717, 1.165) is 5.56 Å². The van der Waals surface area contributed by atoms with Gasteiger partial charge in [-0.05, 0) is 17.9 Å². The molecule has 0 radical (unpaired) electrons. The zero-order chi connectivity index (χ0) is 15.2. The van der Waals surface area contributed by atoms with E-state index in [2.05, 4.69) is 9.44 Å². The van der Waals surface area contributed by atoms with Crippen molar-refractivity contribution in [2.75, 3.05) is 6.54 Å². The van der Waals surface area contributed by atoms with Crippen LogP contribution in [0.3, 0.4) is 0 Å². The molecule has 1 unspecified atom stereocenters. The molecule has 0 aliphatic heterocycles. The van der Waals surface area contributed by atoms with Crippen LogP contribution in [0, 0.1) is 5.92 Å². The third kappa shape index (κ3) is 6.14. The van der Waals surface area contributed by atoms with E-state index in [9.17, 15) is 13.2 Å². The standard InChI is InChI=1S/C13H20N2O4S/c1-10(2)9-14-20(18,19)15-12(13(16)17)8-11-6-4-3-5-7-11/h3-7,10,12,14-15H,8-9H2,1-2H3,(H,16,17). The van der Waals surface area contributed by atoms with E-state index in [1.807, 2.05) is 19.9 Å². The van der Waals surface area contributed by atoms with Gasteiger partial charge in [-0.3, -0.25) is 4.79 Å². The Labute approximate surface area is 119 Å². The minimum atomic E-state index is -3.82. The molecule has 0 heterocycles. The van der Waals surface area contributed by atoms with E-state index in [-0.39, 0.29) is 18.9 Å². The highest BCUT2D eigenvalue weighted by molar-refractivity contribution is 7.87. The van der Waals surface area contributed by atoms with Crippen molar-refractivity contribution in [3.63, 3.8) is 0 Å². The molecule has 0 spiro atoms. The first-order chi connectivity index (χ1) is 9.30. The number of carboxylic acid groups (broad SMARTS) is 1. The molecule has 1 rings (SSSR count). The van der Waals surface area contributed by atoms with Crippen LogP contribution in [0.15, 0.2) is 30.3 Å². The summed E-state index contributed by atoms with van der Waals surface area (Å²) in [4.78, 5) is 11.2. The Morgan fingerprint density at radius 3 is 2.35 bits per heavy atom. The number of aliphatic carboxylic acids is 1. The smallest absolute Gasteiger partial charge is 0.322 e. The van der Waals surface area contributed by atoms with Crippen molar-refractivity contribution in [3.05, 3.63) is 35.9 Å². The first-order valence-electron chi connectivity index (χ1n) is 6.34. The van der Waals surface area contributed by atoms with Crippen molar-refractivity contribution in [1.29, 1.82) is 0 Å². The van der Waals surface area contributed by atoms with Crippen LogP contribution in [0.2, 0.25) is 0 Å². The fourth-order valence-corrected chi connectivity index (χ4v) is 2.73. The largest absolute Gasteiger partial charge is 0.480 e. The summed E-state index contributed by atoms with van der Waals surface area (Å²) < 4.78 is 28.0. The van der Waals surface area contributed by atoms with Crippen LogP contribution in [-0.2, 0) is 21.4 Å². The maximum absolute atomic E-state index is 11.8. The minimum absolute atomic E-state index is 0.0960. The van der Waals surface area contributed by atoms with Gasteiger partial charge in [0.05, 0.1) is 0 Å². The number of nitrogens with one attached hydrogen (secondary N) is 2. The van der Waals surface area contributed by atoms with Crippen molar-refractivity contribution in [3.8, 4) is 0 Å². The van der Waals surface area contributed by atoms with Gasteiger partial charge in [0, 0.05) is 6.54 Å². The van der Waals surface area contributed by atoms with Crippen molar-refractivity contribution in [2.24, 2.45) is 5.92 Å².